The Kier molecular flexibility index (Phi) is 4.35. The van der Waals surface area contributed by atoms with Crippen molar-refractivity contribution in [3.63, 3.8) is 0 Å². The lowest BCUT2D eigenvalue weighted by molar-refractivity contribution is 0.476. The normalized spacial score (nSPS) is 12.5. The number of halogens is 1. The van der Waals surface area contributed by atoms with Crippen LogP contribution < -0.4 is 10.0 Å². The molecule has 96 valence electrons. The van der Waals surface area contributed by atoms with Crippen LogP contribution in [0.4, 0.5) is 5.82 Å². The van der Waals surface area contributed by atoms with Crippen LogP contribution in [0.5, 0.6) is 0 Å². The van der Waals surface area contributed by atoms with E-state index in [-0.39, 0.29) is 0 Å². The van der Waals surface area contributed by atoms with Gasteiger partial charge in [-0.1, -0.05) is 11.6 Å². The maximum absolute atomic E-state index is 11.1. The van der Waals surface area contributed by atoms with Crippen molar-refractivity contribution >= 4 is 27.4 Å². The predicted molar refractivity (Wildman–Crippen MR) is 69.8 cm³/mol. The van der Waals surface area contributed by atoms with Gasteiger partial charge in [0.25, 0.3) is 0 Å². The van der Waals surface area contributed by atoms with E-state index in [1.54, 1.807) is 26.0 Å². The Morgan fingerprint density at radius 2 is 2.06 bits per heavy atom. The molecule has 1 aromatic heterocycles. The van der Waals surface area contributed by atoms with Gasteiger partial charge in [0.1, 0.15) is 5.82 Å². The number of rotatable bonds is 5. The van der Waals surface area contributed by atoms with Gasteiger partial charge in [0, 0.05) is 18.3 Å². The molecule has 2 N–H and O–H groups in total. The van der Waals surface area contributed by atoms with Gasteiger partial charge in [-0.3, -0.25) is 0 Å². The standard InChI is InChI=1S/C10H16ClN3O2S/c1-10(2,14-17(3,15)16)7-13-9-5-4-8(11)6-12-9/h4-6,14H,7H2,1-3H3,(H,12,13). The first-order valence-electron chi connectivity index (χ1n) is 5.02. The van der Waals surface area contributed by atoms with Crippen LogP contribution >= 0.6 is 11.6 Å². The number of anilines is 1. The second-order valence-electron chi connectivity index (χ2n) is 4.47. The largest absolute Gasteiger partial charge is 0.368 e. The Morgan fingerprint density at radius 3 is 2.53 bits per heavy atom. The predicted octanol–water partition coefficient (Wildman–Crippen LogP) is 1.47. The third kappa shape index (κ3) is 5.86. The summed E-state index contributed by atoms with van der Waals surface area (Å²) >= 11 is 5.71. The first-order valence-corrected chi connectivity index (χ1v) is 7.29. The number of pyridine rings is 1. The van der Waals surface area contributed by atoms with E-state index in [2.05, 4.69) is 15.0 Å². The average molecular weight is 278 g/mol. The van der Waals surface area contributed by atoms with Gasteiger partial charge < -0.3 is 5.32 Å². The van der Waals surface area contributed by atoms with Gasteiger partial charge in [0.05, 0.1) is 11.3 Å². The molecule has 5 nitrogen and oxygen atoms in total. The molecule has 0 saturated carbocycles. The van der Waals surface area contributed by atoms with Gasteiger partial charge in [-0.25, -0.2) is 18.1 Å². The Hall–Kier alpha value is -0.850. The molecule has 1 aromatic rings. The van der Waals surface area contributed by atoms with Crippen molar-refractivity contribution in [3.05, 3.63) is 23.4 Å². The van der Waals surface area contributed by atoms with Crippen LogP contribution in [0.3, 0.4) is 0 Å². The van der Waals surface area contributed by atoms with Crippen LogP contribution in [0.1, 0.15) is 13.8 Å². The van der Waals surface area contributed by atoms with Crippen LogP contribution in [0.2, 0.25) is 5.02 Å². The van der Waals surface area contributed by atoms with Gasteiger partial charge in [-0.15, -0.1) is 0 Å². The van der Waals surface area contributed by atoms with Crippen molar-refractivity contribution in [2.45, 2.75) is 19.4 Å². The fraction of sp³-hybridized carbons (Fsp3) is 0.500. The molecule has 0 amide bonds. The number of aromatic nitrogens is 1. The molecule has 0 radical (unpaired) electrons. The second kappa shape index (κ2) is 5.20. The molecule has 0 bridgehead atoms. The van der Waals surface area contributed by atoms with Gasteiger partial charge in [-0.05, 0) is 26.0 Å². The van der Waals surface area contributed by atoms with Crippen molar-refractivity contribution in [1.29, 1.82) is 0 Å². The van der Waals surface area contributed by atoms with E-state index in [0.717, 1.165) is 6.26 Å². The summed E-state index contributed by atoms with van der Waals surface area (Å²) in [5.41, 5.74) is -0.588. The smallest absolute Gasteiger partial charge is 0.209 e. The molecule has 0 unspecified atom stereocenters. The van der Waals surface area contributed by atoms with Crippen molar-refractivity contribution in [2.75, 3.05) is 18.1 Å². The number of nitrogens with zero attached hydrogens (tertiary/aromatic N) is 1. The Labute approximate surface area is 107 Å². The third-order valence-corrected chi connectivity index (χ3v) is 3.05. The first-order chi connectivity index (χ1) is 7.68. The van der Waals surface area contributed by atoms with E-state index >= 15 is 0 Å². The quantitative estimate of drug-likeness (QED) is 0.855. The lowest BCUT2D eigenvalue weighted by Crippen LogP contribution is -2.47. The second-order valence-corrected chi connectivity index (χ2v) is 6.66. The van der Waals surface area contributed by atoms with E-state index in [1.165, 1.54) is 6.20 Å². The number of nitrogens with one attached hydrogen (secondary N) is 2. The molecule has 0 fully saturated rings. The van der Waals surface area contributed by atoms with Crippen molar-refractivity contribution in [2.24, 2.45) is 0 Å². The Bertz CT molecular complexity index is 471. The molecule has 1 rings (SSSR count). The fourth-order valence-corrected chi connectivity index (χ4v) is 2.52. The van der Waals surface area contributed by atoms with Crippen LogP contribution in [0.15, 0.2) is 18.3 Å². The van der Waals surface area contributed by atoms with E-state index in [0.29, 0.717) is 17.4 Å². The molecule has 17 heavy (non-hydrogen) atoms. The van der Waals surface area contributed by atoms with Crippen LogP contribution in [-0.4, -0.2) is 31.7 Å². The molecule has 7 heteroatoms. The van der Waals surface area contributed by atoms with Crippen molar-refractivity contribution in [1.82, 2.24) is 9.71 Å². The maximum Gasteiger partial charge on any atom is 0.209 e. The van der Waals surface area contributed by atoms with E-state index in [4.69, 9.17) is 11.6 Å². The maximum atomic E-state index is 11.1. The lowest BCUT2D eigenvalue weighted by atomic mass is 10.1. The highest BCUT2D eigenvalue weighted by molar-refractivity contribution is 7.88. The molecule has 0 atom stereocenters. The Balaban J connectivity index is 2.58. The summed E-state index contributed by atoms with van der Waals surface area (Å²) in [5.74, 6) is 0.651. The summed E-state index contributed by atoms with van der Waals surface area (Å²) in [5, 5.41) is 3.60. The zero-order valence-corrected chi connectivity index (χ0v) is 11.6. The summed E-state index contributed by atoms with van der Waals surface area (Å²) in [6, 6.07) is 3.45. The highest BCUT2D eigenvalue weighted by atomic mass is 35.5. The molecule has 0 aliphatic carbocycles. The molecule has 0 saturated heterocycles. The molecule has 0 aliphatic rings. The summed E-state index contributed by atoms with van der Waals surface area (Å²) in [6.07, 6.45) is 2.66. The molecule has 0 aromatic carbocycles. The lowest BCUT2D eigenvalue weighted by Gasteiger charge is -2.25. The molecule has 1 heterocycles. The zero-order chi connectivity index (χ0) is 13.1. The van der Waals surface area contributed by atoms with Crippen LogP contribution in [0.25, 0.3) is 0 Å². The van der Waals surface area contributed by atoms with E-state index < -0.39 is 15.6 Å². The summed E-state index contributed by atoms with van der Waals surface area (Å²) in [7, 11) is -3.22. The monoisotopic (exact) mass is 277 g/mol. The third-order valence-electron chi connectivity index (χ3n) is 1.90. The van der Waals surface area contributed by atoms with Crippen molar-refractivity contribution in [3.8, 4) is 0 Å². The molecule has 0 aliphatic heterocycles. The van der Waals surface area contributed by atoms with Crippen LogP contribution in [0, 0.1) is 0 Å². The number of sulfonamides is 1. The van der Waals surface area contributed by atoms with Gasteiger partial charge in [-0.2, -0.15) is 0 Å². The minimum atomic E-state index is -3.22. The van der Waals surface area contributed by atoms with Gasteiger partial charge in [0.2, 0.25) is 10.0 Å². The SMILES string of the molecule is CC(C)(CNc1ccc(Cl)cn1)NS(C)(=O)=O. The minimum Gasteiger partial charge on any atom is -0.368 e. The van der Waals surface area contributed by atoms with Gasteiger partial charge >= 0.3 is 0 Å². The average Bonchev–Trinajstić information content (AvgIpc) is 2.13. The molecular weight excluding hydrogens is 262 g/mol. The molecule has 0 spiro atoms. The highest BCUT2D eigenvalue weighted by Crippen LogP contribution is 2.11. The number of hydrogen-bond donors (Lipinski definition) is 2. The highest BCUT2D eigenvalue weighted by Gasteiger charge is 2.21. The zero-order valence-electron chi connectivity index (χ0n) is 9.99. The Morgan fingerprint density at radius 1 is 1.41 bits per heavy atom. The van der Waals surface area contributed by atoms with E-state index in [1.807, 2.05) is 0 Å². The number of hydrogen-bond acceptors (Lipinski definition) is 4. The summed E-state index contributed by atoms with van der Waals surface area (Å²) in [6.45, 7) is 4.00. The van der Waals surface area contributed by atoms with E-state index in [9.17, 15) is 8.42 Å². The minimum absolute atomic E-state index is 0.425. The molecular formula is C10H16ClN3O2S. The summed E-state index contributed by atoms with van der Waals surface area (Å²) in [4.78, 5) is 4.06. The van der Waals surface area contributed by atoms with Crippen molar-refractivity contribution < 1.29 is 8.42 Å². The summed E-state index contributed by atoms with van der Waals surface area (Å²) < 4.78 is 24.8. The topological polar surface area (TPSA) is 71.1 Å². The van der Waals surface area contributed by atoms with Gasteiger partial charge in [0.15, 0.2) is 0 Å². The first kappa shape index (κ1) is 14.2. The van der Waals surface area contributed by atoms with Crippen LogP contribution in [-0.2, 0) is 10.0 Å². The fourth-order valence-electron chi connectivity index (χ4n) is 1.33.